The second-order valence-electron chi connectivity index (χ2n) is 8.45. The van der Waals surface area contributed by atoms with Crippen LogP contribution in [0.3, 0.4) is 0 Å². The third-order valence-electron chi connectivity index (χ3n) is 6.74. The van der Waals surface area contributed by atoms with Gasteiger partial charge in [-0.1, -0.05) is 60.7 Å². The number of aldehydes is 1. The molecule has 3 nitrogen and oxygen atoms in total. The van der Waals surface area contributed by atoms with Crippen molar-refractivity contribution in [3.8, 4) is 33.8 Å². The first-order valence-electron chi connectivity index (χ1n) is 11.2. The highest BCUT2D eigenvalue weighted by atomic mass is 16.5. The molecule has 0 amide bonds. The molecule has 0 heterocycles. The Morgan fingerprint density at radius 3 is 1.71 bits per heavy atom. The summed E-state index contributed by atoms with van der Waals surface area (Å²) in [5, 5.41) is 6.75. The van der Waals surface area contributed by atoms with Gasteiger partial charge in [0, 0.05) is 5.56 Å². The Morgan fingerprint density at radius 1 is 0.559 bits per heavy atom. The van der Waals surface area contributed by atoms with Crippen LogP contribution in [-0.4, -0.2) is 20.5 Å². The van der Waals surface area contributed by atoms with Crippen LogP contribution in [0.15, 0.2) is 91.0 Å². The molecular formula is C31H22O3. The fraction of sp³-hybridized carbons (Fsp3) is 0.0645. The van der Waals surface area contributed by atoms with Crippen molar-refractivity contribution in [2.45, 2.75) is 0 Å². The van der Waals surface area contributed by atoms with Gasteiger partial charge in [-0.15, -0.1) is 0 Å². The normalized spacial score (nSPS) is 11.4. The van der Waals surface area contributed by atoms with Crippen LogP contribution in [0.2, 0.25) is 0 Å². The van der Waals surface area contributed by atoms with Crippen molar-refractivity contribution in [3.05, 3.63) is 96.6 Å². The van der Waals surface area contributed by atoms with Crippen LogP contribution < -0.4 is 9.47 Å². The molecule has 6 aromatic carbocycles. The van der Waals surface area contributed by atoms with Crippen molar-refractivity contribution in [2.24, 2.45) is 0 Å². The van der Waals surface area contributed by atoms with Crippen LogP contribution in [0.25, 0.3) is 54.6 Å². The molecule has 3 heteroatoms. The van der Waals surface area contributed by atoms with Gasteiger partial charge in [-0.2, -0.15) is 0 Å². The average molecular weight is 443 g/mol. The maximum atomic E-state index is 12.2. The number of carbonyl (C=O) groups excluding carboxylic acids is 1. The van der Waals surface area contributed by atoms with Crippen molar-refractivity contribution in [3.63, 3.8) is 0 Å². The summed E-state index contributed by atoms with van der Waals surface area (Å²) in [6.45, 7) is 0. The lowest BCUT2D eigenvalue weighted by molar-refractivity contribution is 0.112. The van der Waals surface area contributed by atoms with E-state index in [9.17, 15) is 4.79 Å². The van der Waals surface area contributed by atoms with Crippen LogP contribution in [0.4, 0.5) is 0 Å². The molecular weight excluding hydrogens is 420 g/mol. The standard InChI is InChI=1S/C31H22O3/c1-33-23-9-3-19(4-10-23)25-13-7-21-8-14-28-29(20-5-11-24(34-2)12-6-20)17-22(18-32)26-15-16-27(25)30(21)31(26)28/h3-18H,1-2H3. The van der Waals surface area contributed by atoms with E-state index in [1.54, 1.807) is 14.2 Å². The highest BCUT2D eigenvalue weighted by Crippen LogP contribution is 2.43. The van der Waals surface area contributed by atoms with Gasteiger partial charge >= 0.3 is 0 Å². The minimum Gasteiger partial charge on any atom is -0.497 e. The topological polar surface area (TPSA) is 35.5 Å². The zero-order valence-electron chi connectivity index (χ0n) is 19.0. The maximum Gasteiger partial charge on any atom is 0.150 e. The molecule has 0 unspecified atom stereocenters. The van der Waals surface area contributed by atoms with Gasteiger partial charge in [-0.05, 0) is 84.9 Å². The summed E-state index contributed by atoms with van der Waals surface area (Å²) in [5.41, 5.74) is 5.08. The van der Waals surface area contributed by atoms with Crippen molar-refractivity contribution in [1.82, 2.24) is 0 Å². The summed E-state index contributed by atoms with van der Waals surface area (Å²) in [6, 6.07) is 31.1. The molecule has 0 fully saturated rings. The second-order valence-corrected chi connectivity index (χ2v) is 8.45. The number of ether oxygens (including phenoxy) is 2. The molecule has 0 saturated carbocycles. The summed E-state index contributed by atoms with van der Waals surface area (Å²) < 4.78 is 10.7. The van der Waals surface area contributed by atoms with E-state index in [0.29, 0.717) is 5.56 Å². The fourth-order valence-corrected chi connectivity index (χ4v) is 5.05. The van der Waals surface area contributed by atoms with Gasteiger partial charge in [0.05, 0.1) is 14.2 Å². The zero-order valence-corrected chi connectivity index (χ0v) is 19.0. The van der Waals surface area contributed by atoms with Crippen molar-refractivity contribution < 1.29 is 14.3 Å². The number of rotatable bonds is 5. The smallest absolute Gasteiger partial charge is 0.150 e. The fourth-order valence-electron chi connectivity index (χ4n) is 5.05. The number of methoxy groups -OCH3 is 2. The molecule has 0 atom stereocenters. The van der Waals surface area contributed by atoms with Crippen molar-refractivity contribution in [1.29, 1.82) is 0 Å². The lowest BCUT2D eigenvalue weighted by atomic mass is 9.85. The monoisotopic (exact) mass is 442 g/mol. The van der Waals surface area contributed by atoms with Gasteiger partial charge in [0.1, 0.15) is 11.5 Å². The minimum atomic E-state index is 0.697. The molecule has 0 radical (unpaired) electrons. The number of hydrogen-bond donors (Lipinski definition) is 0. The highest BCUT2D eigenvalue weighted by Gasteiger charge is 2.17. The maximum absolute atomic E-state index is 12.2. The van der Waals surface area contributed by atoms with Gasteiger partial charge in [0.25, 0.3) is 0 Å². The molecule has 6 rings (SSSR count). The minimum absolute atomic E-state index is 0.697. The van der Waals surface area contributed by atoms with E-state index in [0.717, 1.165) is 61.6 Å². The highest BCUT2D eigenvalue weighted by molar-refractivity contribution is 6.29. The van der Waals surface area contributed by atoms with Crippen molar-refractivity contribution in [2.75, 3.05) is 14.2 Å². The van der Waals surface area contributed by atoms with E-state index >= 15 is 0 Å². The van der Waals surface area contributed by atoms with Crippen molar-refractivity contribution >= 4 is 38.6 Å². The largest absolute Gasteiger partial charge is 0.497 e. The summed E-state index contributed by atoms with van der Waals surface area (Å²) in [6.07, 6.45) is 0.962. The Morgan fingerprint density at radius 2 is 1.09 bits per heavy atom. The molecule has 164 valence electrons. The number of benzene rings is 6. The first kappa shape index (κ1) is 20.3. The second kappa shape index (κ2) is 7.89. The first-order chi connectivity index (χ1) is 16.7. The Balaban J connectivity index is 1.69. The average Bonchev–Trinajstić information content (AvgIpc) is 2.91. The van der Waals surface area contributed by atoms with E-state index in [2.05, 4.69) is 48.5 Å². The molecule has 0 saturated heterocycles. The number of carbonyl (C=O) groups is 1. The van der Waals surface area contributed by atoms with E-state index in [4.69, 9.17) is 9.47 Å². The predicted molar refractivity (Wildman–Crippen MR) is 140 cm³/mol. The number of hydrogen-bond acceptors (Lipinski definition) is 3. The third kappa shape index (κ3) is 3.01. The van der Waals surface area contributed by atoms with Crippen LogP contribution in [0.5, 0.6) is 11.5 Å². The molecule has 0 spiro atoms. The lowest BCUT2D eigenvalue weighted by Gasteiger charge is -2.18. The molecule has 0 aromatic heterocycles. The summed E-state index contributed by atoms with van der Waals surface area (Å²) in [5.74, 6) is 1.64. The van der Waals surface area contributed by atoms with Crippen LogP contribution >= 0.6 is 0 Å². The zero-order chi connectivity index (χ0) is 23.2. The third-order valence-corrected chi connectivity index (χ3v) is 6.74. The van der Waals surface area contributed by atoms with Gasteiger partial charge in [0.2, 0.25) is 0 Å². The molecule has 34 heavy (non-hydrogen) atoms. The summed E-state index contributed by atoms with van der Waals surface area (Å²) in [7, 11) is 3.34. The Bertz CT molecular complexity index is 1660. The van der Waals surface area contributed by atoms with Gasteiger partial charge in [-0.3, -0.25) is 4.79 Å². The van der Waals surface area contributed by atoms with Gasteiger partial charge in [0.15, 0.2) is 6.29 Å². The van der Waals surface area contributed by atoms with E-state index in [1.165, 1.54) is 10.8 Å². The van der Waals surface area contributed by atoms with E-state index in [1.807, 2.05) is 42.5 Å². The first-order valence-corrected chi connectivity index (χ1v) is 11.2. The molecule has 6 aromatic rings. The van der Waals surface area contributed by atoms with Crippen LogP contribution in [-0.2, 0) is 0 Å². The SMILES string of the molecule is COc1ccc(-c2ccc3ccc4c(-c5ccc(OC)cc5)cc(C=O)c5ccc2c3c54)cc1. The van der Waals surface area contributed by atoms with Crippen LogP contribution in [0.1, 0.15) is 10.4 Å². The van der Waals surface area contributed by atoms with Crippen LogP contribution in [0, 0.1) is 0 Å². The van der Waals surface area contributed by atoms with E-state index in [-0.39, 0.29) is 0 Å². The van der Waals surface area contributed by atoms with E-state index < -0.39 is 0 Å². The Kier molecular flexibility index (Phi) is 4.70. The summed E-state index contributed by atoms with van der Waals surface area (Å²) in [4.78, 5) is 12.2. The molecule has 0 aliphatic heterocycles. The lowest BCUT2D eigenvalue weighted by Crippen LogP contribution is -1.93. The predicted octanol–water partition coefficient (Wildman–Crippen LogP) is 7.75. The quantitative estimate of drug-likeness (QED) is 0.202. The Hall–Kier alpha value is -4.37. The molecule has 0 N–H and O–H groups in total. The molecule has 0 aliphatic rings. The van der Waals surface area contributed by atoms with Gasteiger partial charge in [-0.25, -0.2) is 0 Å². The summed E-state index contributed by atoms with van der Waals surface area (Å²) >= 11 is 0. The Labute approximate surface area is 197 Å². The molecule has 0 aliphatic carbocycles. The van der Waals surface area contributed by atoms with Gasteiger partial charge < -0.3 is 9.47 Å². The molecule has 0 bridgehead atoms.